The maximum atomic E-state index is 11.2. The van der Waals surface area contributed by atoms with E-state index in [4.69, 9.17) is 0 Å². The molecule has 2 aromatic heterocycles. The fourth-order valence-corrected chi connectivity index (χ4v) is 2.87. The van der Waals surface area contributed by atoms with Crippen LogP contribution in [0.25, 0.3) is 0 Å². The Balaban J connectivity index is 1.95. The summed E-state index contributed by atoms with van der Waals surface area (Å²) in [5.74, 6) is 0.387. The first kappa shape index (κ1) is 12.1. The maximum Gasteiger partial charge on any atom is 0.356 e. The number of aryl methyl sites for hydroxylation is 1. The topological polar surface area (TPSA) is 67.9 Å². The van der Waals surface area contributed by atoms with Crippen molar-refractivity contribution in [3.8, 4) is 0 Å². The zero-order chi connectivity index (χ0) is 12.3. The van der Waals surface area contributed by atoms with Gasteiger partial charge in [-0.2, -0.15) is 0 Å². The molecule has 7 heteroatoms. The van der Waals surface area contributed by atoms with Crippen molar-refractivity contribution in [1.29, 1.82) is 0 Å². The SMILES string of the molecule is COC(=O)c1cnc(SCc2cnc(C)s2)[nH]1. The number of aromatic amines is 1. The summed E-state index contributed by atoms with van der Waals surface area (Å²) >= 11 is 3.19. The molecule has 0 fully saturated rings. The molecule has 90 valence electrons. The van der Waals surface area contributed by atoms with Gasteiger partial charge in [-0.25, -0.2) is 14.8 Å². The molecule has 0 saturated heterocycles. The first-order valence-electron chi connectivity index (χ1n) is 4.86. The van der Waals surface area contributed by atoms with Crippen LogP contribution in [0.1, 0.15) is 20.4 Å². The summed E-state index contributed by atoms with van der Waals surface area (Å²) in [5.41, 5.74) is 0.371. The van der Waals surface area contributed by atoms with E-state index in [1.54, 1.807) is 11.3 Å². The number of nitrogens with zero attached hydrogens (tertiary/aromatic N) is 2. The molecule has 2 heterocycles. The highest BCUT2D eigenvalue weighted by Gasteiger charge is 2.10. The Bertz CT molecular complexity index is 521. The summed E-state index contributed by atoms with van der Waals surface area (Å²) in [4.78, 5) is 23.6. The molecular formula is C10H11N3O2S2. The largest absolute Gasteiger partial charge is 0.464 e. The van der Waals surface area contributed by atoms with Gasteiger partial charge in [-0.15, -0.1) is 11.3 Å². The average molecular weight is 269 g/mol. The van der Waals surface area contributed by atoms with Crippen molar-refractivity contribution in [1.82, 2.24) is 15.0 Å². The zero-order valence-corrected chi connectivity index (χ0v) is 11.0. The number of carbonyl (C=O) groups excluding carboxylic acids is 1. The molecule has 17 heavy (non-hydrogen) atoms. The third kappa shape index (κ3) is 3.07. The van der Waals surface area contributed by atoms with Crippen LogP contribution in [-0.2, 0) is 10.5 Å². The molecule has 0 radical (unpaired) electrons. The smallest absolute Gasteiger partial charge is 0.356 e. The Kier molecular flexibility index (Phi) is 3.80. The molecule has 1 N–H and O–H groups in total. The van der Waals surface area contributed by atoms with Crippen LogP contribution in [-0.4, -0.2) is 28.0 Å². The molecule has 2 aromatic rings. The van der Waals surface area contributed by atoms with Gasteiger partial charge in [0.05, 0.1) is 18.3 Å². The Morgan fingerprint density at radius 2 is 2.35 bits per heavy atom. The van der Waals surface area contributed by atoms with Crippen molar-refractivity contribution in [3.63, 3.8) is 0 Å². The zero-order valence-electron chi connectivity index (χ0n) is 9.39. The van der Waals surface area contributed by atoms with Crippen molar-refractivity contribution in [2.45, 2.75) is 17.8 Å². The number of H-pyrrole nitrogens is 1. The van der Waals surface area contributed by atoms with E-state index in [1.807, 2.05) is 13.1 Å². The molecule has 0 atom stereocenters. The quantitative estimate of drug-likeness (QED) is 0.681. The summed E-state index contributed by atoms with van der Waals surface area (Å²) in [6, 6.07) is 0. The highest BCUT2D eigenvalue weighted by Crippen LogP contribution is 2.23. The molecule has 5 nitrogen and oxygen atoms in total. The Morgan fingerprint density at radius 3 is 3.00 bits per heavy atom. The van der Waals surface area contributed by atoms with E-state index < -0.39 is 5.97 Å². The van der Waals surface area contributed by atoms with Gasteiger partial charge in [0.25, 0.3) is 0 Å². The molecule has 0 spiro atoms. The molecule has 2 rings (SSSR count). The van der Waals surface area contributed by atoms with Gasteiger partial charge in [-0.05, 0) is 6.92 Å². The first-order chi connectivity index (χ1) is 8.19. The van der Waals surface area contributed by atoms with Gasteiger partial charge in [0.1, 0.15) is 5.69 Å². The normalized spacial score (nSPS) is 10.5. The number of imidazole rings is 1. The number of hydrogen-bond donors (Lipinski definition) is 1. The third-order valence-electron chi connectivity index (χ3n) is 1.98. The molecule has 0 unspecified atom stereocenters. The van der Waals surface area contributed by atoms with Crippen LogP contribution in [0.15, 0.2) is 17.6 Å². The maximum absolute atomic E-state index is 11.2. The summed E-state index contributed by atoms with van der Waals surface area (Å²) in [7, 11) is 1.34. The van der Waals surface area contributed by atoms with Crippen molar-refractivity contribution in [2.75, 3.05) is 7.11 Å². The van der Waals surface area contributed by atoms with Crippen LogP contribution in [0.4, 0.5) is 0 Å². The molecule has 0 amide bonds. The number of nitrogens with one attached hydrogen (secondary N) is 1. The van der Waals surface area contributed by atoms with E-state index in [1.165, 1.54) is 29.9 Å². The summed E-state index contributed by atoms with van der Waals surface area (Å²) in [5, 5.41) is 1.76. The van der Waals surface area contributed by atoms with Gasteiger partial charge in [0.15, 0.2) is 5.16 Å². The number of esters is 1. The van der Waals surface area contributed by atoms with E-state index in [0.717, 1.165) is 10.8 Å². The van der Waals surface area contributed by atoms with Crippen molar-refractivity contribution in [3.05, 3.63) is 28.0 Å². The van der Waals surface area contributed by atoms with E-state index in [0.29, 0.717) is 10.9 Å². The van der Waals surface area contributed by atoms with E-state index in [-0.39, 0.29) is 0 Å². The van der Waals surface area contributed by atoms with Gasteiger partial charge >= 0.3 is 5.97 Å². The lowest BCUT2D eigenvalue weighted by Crippen LogP contribution is -2.00. The number of carbonyl (C=O) groups is 1. The minimum absolute atomic E-state index is 0.371. The fourth-order valence-electron chi connectivity index (χ4n) is 1.20. The van der Waals surface area contributed by atoms with Crippen LogP contribution in [0, 0.1) is 6.92 Å². The fraction of sp³-hybridized carbons (Fsp3) is 0.300. The van der Waals surface area contributed by atoms with E-state index in [9.17, 15) is 4.79 Å². The number of ether oxygens (including phenoxy) is 1. The van der Waals surface area contributed by atoms with Crippen molar-refractivity contribution in [2.24, 2.45) is 0 Å². The van der Waals surface area contributed by atoms with E-state index in [2.05, 4.69) is 19.7 Å². The highest BCUT2D eigenvalue weighted by molar-refractivity contribution is 7.98. The van der Waals surface area contributed by atoms with Gasteiger partial charge in [0, 0.05) is 16.8 Å². The standard InChI is InChI=1S/C10H11N3O2S2/c1-6-11-3-7(17-6)5-16-10-12-4-8(13-10)9(14)15-2/h3-4H,5H2,1-2H3,(H,12,13). The molecule has 0 aliphatic heterocycles. The number of thioether (sulfide) groups is 1. The van der Waals surface area contributed by atoms with E-state index >= 15 is 0 Å². The lowest BCUT2D eigenvalue weighted by Gasteiger charge is -1.94. The van der Waals surface area contributed by atoms with Gasteiger partial charge < -0.3 is 9.72 Å². The van der Waals surface area contributed by atoms with Crippen molar-refractivity contribution >= 4 is 29.1 Å². The number of methoxy groups -OCH3 is 1. The van der Waals surface area contributed by atoms with Crippen LogP contribution in [0.2, 0.25) is 0 Å². The minimum atomic E-state index is -0.405. The van der Waals surface area contributed by atoms with Crippen LogP contribution in [0.5, 0.6) is 0 Å². The number of rotatable bonds is 4. The van der Waals surface area contributed by atoms with Crippen molar-refractivity contribution < 1.29 is 9.53 Å². The molecule has 0 aliphatic rings. The second-order valence-corrected chi connectivity index (χ2v) is 5.51. The van der Waals surface area contributed by atoms with Crippen LogP contribution >= 0.6 is 23.1 Å². The minimum Gasteiger partial charge on any atom is -0.464 e. The Labute approximate surface area is 107 Å². The molecular weight excluding hydrogens is 258 g/mol. The number of hydrogen-bond acceptors (Lipinski definition) is 6. The van der Waals surface area contributed by atoms with Gasteiger partial charge in [-0.1, -0.05) is 11.8 Å². The van der Waals surface area contributed by atoms with Gasteiger partial charge in [-0.3, -0.25) is 0 Å². The average Bonchev–Trinajstić information content (AvgIpc) is 2.94. The van der Waals surface area contributed by atoms with Crippen LogP contribution in [0.3, 0.4) is 0 Å². The summed E-state index contributed by atoms with van der Waals surface area (Å²) in [6.45, 7) is 1.97. The lowest BCUT2D eigenvalue weighted by atomic mass is 10.5. The predicted octanol–water partition coefficient (Wildman–Crippen LogP) is 2.25. The van der Waals surface area contributed by atoms with Gasteiger partial charge in [0.2, 0.25) is 0 Å². The molecule has 0 bridgehead atoms. The Morgan fingerprint density at radius 1 is 1.53 bits per heavy atom. The lowest BCUT2D eigenvalue weighted by molar-refractivity contribution is 0.0594. The molecule has 0 aromatic carbocycles. The summed E-state index contributed by atoms with van der Waals surface area (Å²) < 4.78 is 4.59. The van der Waals surface area contributed by atoms with Crippen LogP contribution < -0.4 is 0 Å². The first-order valence-corrected chi connectivity index (χ1v) is 6.66. The third-order valence-corrected chi connectivity index (χ3v) is 4.01. The molecule has 0 saturated carbocycles. The second kappa shape index (κ2) is 5.33. The molecule has 0 aliphatic carbocycles. The Hall–Kier alpha value is -1.34. The highest BCUT2D eigenvalue weighted by atomic mass is 32.2. The monoisotopic (exact) mass is 269 g/mol. The number of thiazole rings is 1. The predicted molar refractivity (Wildman–Crippen MR) is 66.3 cm³/mol. The number of aromatic nitrogens is 3. The summed E-state index contributed by atoms with van der Waals surface area (Å²) in [6.07, 6.45) is 3.34. The second-order valence-electron chi connectivity index (χ2n) is 3.23.